The van der Waals surface area contributed by atoms with E-state index in [1.54, 1.807) is 0 Å². The van der Waals surface area contributed by atoms with E-state index >= 15 is 0 Å². The van der Waals surface area contributed by atoms with Crippen LogP contribution in [0.1, 0.15) is 40.0 Å². The Bertz CT molecular complexity index is 300. The van der Waals surface area contributed by atoms with Gasteiger partial charge in [-0.25, -0.2) is 0 Å². The number of aliphatic hydroxyl groups is 1. The van der Waals surface area contributed by atoms with Crippen molar-refractivity contribution in [3.8, 4) is 0 Å². The Morgan fingerprint density at radius 2 is 1.81 bits per heavy atom. The number of hydrogen-bond acceptors (Lipinski definition) is 4. The lowest BCUT2D eigenvalue weighted by Gasteiger charge is -2.44. The molecule has 2 unspecified atom stereocenters. The summed E-state index contributed by atoms with van der Waals surface area (Å²) in [5, 5.41) is 12.8. The minimum absolute atomic E-state index is 0.291. The zero-order valence-electron chi connectivity index (χ0n) is 14.3. The van der Waals surface area contributed by atoms with Crippen molar-refractivity contribution in [1.82, 2.24) is 15.1 Å². The van der Waals surface area contributed by atoms with Gasteiger partial charge in [0.15, 0.2) is 0 Å². The van der Waals surface area contributed by atoms with E-state index in [4.69, 9.17) is 5.11 Å². The van der Waals surface area contributed by atoms with Gasteiger partial charge in [0.2, 0.25) is 0 Å². The zero-order valence-corrected chi connectivity index (χ0v) is 14.3. The predicted octanol–water partition coefficient (Wildman–Crippen LogP) is 1.40. The molecule has 2 fully saturated rings. The molecule has 0 amide bonds. The van der Waals surface area contributed by atoms with Gasteiger partial charge in [-0.1, -0.05) is 20.8 Å². The third-order valence-electron chi connectivity index (χ3n) is 5.36. The lowest BCUT2D eigenvalue weighted by Crippen LogP contribution is -2.52. The number of rotatable bonds is 6. The lowest BCUT2D eigenvalue weighted by molar-refractivity contribution is 0.0650. The van der Waals surface area contributed by atoms with Crippen molar-refractivity contribution in [3.63, 3.8) is 0 Å². The molecule has 1 heterocycles. The molecular formula is C17H35N3O. The van der Waals surface area contributed by atoms with Gasteiger partial charge in [0.25, 0.3) is 0 Å². The molecule has 2 atom stereocenters. The molecule has 2 aliphatic rings. The van der Waals surface area contributed by atoms with Crippen molar-refractivity contribution < 1.29 is 5.11 Å². The summed E-state index contributed by atoms with van der Waals surface area (Å²) in [5.74, 6) is 0.790. The second-order valence-corrected chi connectivity index (χ2v) is 7.70. The Hall–Kier alpha value is -0.160. The molecule has 4 nitrogen and oxygen atoms in total. The first-order chi connectivity index (χ1) is 10.0. The quantitative estimate of drug-likeness (QED) is 0.777. The van der Waals surface area contributed by atoms with E-state index in [1.807, 2.05) is 0 Å². The highest BCUT2D eigenvalue weighted by molar-refractivity contribution is 4.90. The molecule has 1 aliphatic heterocycles. The van der Waals surface area contributed by atoms with E-state index in [-0.39, 0.29) is 0 Å². The van der Waals surface area contributed by atoms with Crippen molar-refractivity contribution in [2.45, 2.75) is 46.1 Å². The maximum absolute atomic E-state index is 9.03. The van der Waals surface area contributed by atoms with Crippen molar-refractivity contribution >= 4 is 0 Å². The van der Waals surface area contributed by atoms with Gasteiger partial charge in [-0.05, 0) is 37.1 Å². The first kappa shape index (κ1) is 17.2. The molecule has 0 radical (unpaired) electrons. The summed E-state index contributed by atoms with van der Waals surface area (Å²) in [7, 11) is 0. The van der Waals surface area contributed by atoms with Gasteiger partial charge < -0.3 is 15.3 Å². The Kier molecular flexibility index (Phi) is 6.48. The molecule has 0 aromatic rings. The number of nitrogens with zero attached hydrogens (tertiary/aromatic N) is 2. The Labute approximate surface area is 130 Å². The van der Waals surface area contributed by atoms with Crippen LogP contribution in [-0.2, 0) is 0 Å². The molecule has 1 saturated heterocycles. The average Bonchev–Trinajstić information content (AvgIpc) is 2.44. The smallest absolute Gasteiger partial charge is 0.0558 e. The predicted molar refractivity (Wildman–Crippen MR) is 88.6 cm³/mol. The Balaban J connectivity index is 1.84. The first-order valence-electron chi connectivity index (χ1n) is 8.83. The molecule has 2 rings (SSSR count). The van der Waals surface area contributed by atoms with Gasteiger partial charge in [-0.3, -0.25) is 4.90 Å². The SMILES string of the molecule is CCNC1CCC(C)(C)CC1CN1CCN(CCO)CC1. The summed E-state index contributed by atoms with van der Waals surface area (Å²) in [4.78, 5) is 5.02. The average molecular weight is 297 g/mol. The topological polar surface area (TPSA) is 38.7 Å². The molecule has 0 aromatic carbocycles. The summed E-state index contributed by atoms with van der Waals surface area (Å²) < 4.78 is 0. The van der Waals surface area contributed by atoms with Crippen molar-refractivity contribution in [1.29, 1.82) is 0 Å². The van der Waals surface area contributed by atoms with Crippen LogP contribution >= 0.6 is 0 Å². The van der Waals surface area contributed by atoms with Crippen LogP contribution in [0.3, 0.4) is 0 Å². The maximum atomic E-state index is 9.03. The summed E-state index contributed by atoms with van der Waals surface area (Å²) in [5.41, 5.74) is 0.509. The van der Waals surface area contributed by atoms with E-state index in [0.29, 0.717) is 18.1 Å². The minimum atomic E-state index is 0.291. The molecule has 4 heteroatoms. The fourth-order valence-electron chi connectivity index (χ4n) is 4.13. The summed E-state index contributed by atoms with van der Waals surface area (Å²) in [6.45, 7) is 15.1. The maximum Gasteiger partial charge on any atom is 0.0558 e. The van der Waals surface area contributed by atoms with E-state index in [0.717, 1.165) is 45.2 Å². The van der Waals surface area contributed by atoms with Crippen LogP contribution < -0.4 is 5.32 Å². The number of β-amino-alcohol motifs (C(OH)–C–C–N with tert-alkyl or cyclic N) is 1. The van der Waals surface area contributed by atoms with Crippen LogP contribution in [0.2, 0.25) is 0 Å². The van der Waals surface area contributed by atoms with Crippen molar-refractivity contribution in [2.75, 3.05) is 52.4 Å². The molecule has 2 N–H and O–H groups in total. The molecule has 21 heavy (non-hydrogen) atoms. The molecule has 0 bridgehead atoms. The standard InChI is InChI=1S/C17H35N3O/c1-4-18-16-5-6-17(2,3)13-15(16)14-20-9-7-19(8-10-20)11-12-21/h15-16,18,21H,4-14H2,1-3H3. The van der Waals surface area contributed by atoms with E-state index in [9.17, 15) is 0 Å². The molecule has 1 aliphatic carbocycles. The van der Waals surface area contributed by atoms with Gasteiger partial charge in [-0.2, -0.15) is 0 Å². The molecule has 0 aromatic heterocycles. The van der Waals surface area contributed by atoms with Crippen LogP contribution in [0.25, 0.3) is 0 Å². The summed E-state index contributed by atoms with van der Waals surface area (Å²) >= 11 is 0. The highest BCUT2D eigenvalue weighted by Crippen LogP contribution is 2.39. The molecule has 1 saturated carbocycles. The number of nitrogens with one attached hydrogen (secondary N) is 1. The fourth-order valence-corrected chi connectivity index (χ4v) is 4.13. The zero-order chi connectivity index (χ0) is 15.3. The largest absolute Gasteiger partial charge is 0.395 e. The van der Waals surface area contributed by atoms with E-state index in [1.165, 1.54) is 25.8 Å². The second-order valence-electron chi connectivity index (χ2n) is 7.70. The minimum Gasteiger partial charge on any atom is -0.395 e. The number of hydrogen-bond donors (Lipinski definition) is 2. The molecule has 124 valence electrons. The van der Waals surface area contributed by atoms with Gasteiger partial charge in [0.1, 0.15) is 0 Å². The Morgan fingerprint density at radius 3 is 2.43 bits per heavy atom. The number of aliphatic hydroxyl groups excluding tert-OH is 1. The van der Waals surface area contributed by atoms with Crippen LogP contribution in [0, 0.1) is 11.3 Å². The van der Waals surface area contributed by atoms with Gasteiger partial charge in [0, 0.05) is 45.3 Å². The normalized spacial score (nSPS) is 31.4. The van der Waals surface area contributed by atoms with Crippen LogP contribution in [-0.4, -0.2) is 73.4 Å². The van der Waals surface area contributed by atoms with E-state index in [2.05, 4.69) is 35.9 Å². The fraction of sp³-hybridized carbons (Fsp3) is 1.00. The van der Waals surface area contributed by atoms with Crippen LogP contribution in [0.4, 0.5) is 0 Å². The van der Waals surface area contributed by atoms with Crippen molar-refractivity contribution in [3.05, 3.63) is 0 Å². The Morgan fingerprint density at radius 1 is 1.14 bits per heavy atom. The van der Waals surface area contributed by atoms with Gasteiger partial charge >= 0.3 is 0 Å². The molecule has 0 spiro atoms. The monoisotopic (exact) mass is 297 g/mol. The van der Waals surface area contributed by atoms with Crippen LogP contribution in [0.15, 0.2) is 0 Å². The highest BCUT2D eigenvalue weighted by Gasteiger charge is 2.35. The third-order valence-corrected chi connectivity index (χ3v) is 5.36. The highest BCUT2D eigenvalue weighted by atomic mass is 16.3. The second kappa shape index (κ2) is 7.91. The third kappa shape index (κ3) is 5.20. The van der Waals surface area contributed by atoms with Crippen LogP contribution in [0.5, 0.6) is 0 Å². The summed E-state index contributed by atoms with van der Waals surface area (Å²) in [6.07, 6.45) is 4.03. The number of piperazine rings is 1. The van der Waals surface area contributed by atoms with Gasteiger partial charge in [0.05, 0.1) is 6.61 Å². The molecular weight excluding hydrogens is 262 g/mol. The summed E-state index contributed by atoms with van der Waals surface area (Å²) in [6, 6.07) is 0.707. The van der Waals surface area contributed by atoms with E-state index < -0.39 is 0 Å². The van der Waals surface area contributed by atoms with Gasteiger partial charge in [-0.15, -0.1) is 0 Å². The first-order valence-corrected chi connectivity index (χ1v) is 8.83. The van der Waals surface area contributed by atoms with Crippen molar-refractivity contribution in [2.24, 2.45) is 11.3 Å². The lowest BCUT2D eigenvalue weighted by atomic mass is 9.69.